The summed E-state index contributed by atoms with van der Waals surface area (Å²) >= 11 is 0. The van der Waals surface area contributed by atoms with Gasteiger partial charge < -0.3 is 19.1 Å². The molecule has 1 saturated heterocycles. The number of aromatic nitrogens is 1. The highest BCUT2D eigenvalue weighted by molar-refractivity contribution is 6.00. The fraction of sp³-hybridized carbons (Fsp3) is 0.476. The van der Waals surface area contributed by atoms with Gasteiger partial charge in [-0.2, -0.15) is 0 Å². The number of fused-ring (bicyclic) bond motifs is 1. The first kappa shape index (κ1) is 19.4. The first-order valence-electron chi connectivity index (χ1n) is 10.0. The number of para-hydroxylation sites is 2. The van der Waals surface area contributed by atoms with Gasteiger partial charge in [-0.3, -0.25) is 14.5 Å². The molecule has 0 aliphatic carbocycles. The van der Waals surface area contributed by atoms with E-state index >= 15 is 0 Å². The van der Waals surface area contributed by atoms with Crippen LogP contribution >= 0.6 is 0 Å². The molecule has 1 fully saturated rings. The molecule has 8 heteroatoms. The Bertz CT molecular complexity index is 888. The Labute approximate surface area is 170 Å². The van der Waals surface area contributed by atoms with E-state index in [1.165, 1.54) is 0 Å². The summed E-state index contributed by atoms with van der Waals surface area (Å²) in [6.45, 7) is 7.65. The zero-order valence-corrected chi connectivity index (χ0v) is 16.8. The molecule has 1 unspecified atom stereocenters. The molecule has 29 heavy (non-hydrogen) atoms. The predicted molar refractivity (Wildman–Crippen MR) is 107 cm³/mol. The lowest BCUT2D eigenvalue weighted by Gasteiger charge is -2.36. The topological polar surface area (TPSA) is 79.1 Å². The zero-order chi connectivity index (χ0) is 20.4. The van der Waals surface area contributed by atoms with Crippen molar-refractivity contribution >= 4 is 17.5 Å². The van der Waals surface area contributed by atoms with Crippen LogP contribution in [0, 0.1) is 6.92 Å². The van der Waals surface area contributed by atoms with Crippen LogP contribution in [-0.4, -0.2) is 65.6 Å². The van der Waals surface area contributed by atoms with E-state index in [2.05, 4.69) is 10.1 Å². The molecule has 0 radical (unpaired) electrons. The minimum atomic E-state index is -0.539. The number of aryl methyl sites for hydroxylation is 1. The van der Waals surface area contributed by atoms with Gasteiger partial charge >= 0.3 is 0 Å². The van der Waals surface area contributed by atoms with Gasteiger partial charge in [0.25, 0.3) is 5.91 Å². The monoisotopic (exact) mass is 398 g/mol. The number of carbonyl (C=O) groups is 2. The lowest BCUT2D eigenvalue weighted by molar-refractivity contribution is -0.133. The van der Waals surface area contributed by atoms with Crippen LogP contribution in [0.4, 0.5) is 5.69 Å². The van der Waals surface area contributed by atoms with Crippen molar-refractivity contribution in [3.8, 4) is 5.75 Å². The number of hydrogen-bond donors (Lipinski definition) is 0. The average molecular weight is 398 g/mol. The third kappa shape index (κ3) is 4.27. The summed E-state index contributed by atoms with van der Waals surface area (Å²) in [5.74, 6) is 1.50. The Kier molecular flexibility index (Phi) is 5.53. The molecule has 2 aliphatic rings. The molecular weight excluding hydrogens is 372 g/mol. The van der Waals surface area contributed by atoms with Crippen LogP contribution in [0.3, 0.4) is 0 Å². The summed E-state index contributed by atoms with van der Waals surface area (Å²) in [5.41, 5.74) is 1.61. The minimum absolute atomic E-state index is 0.0737. The van der Waals surface area contributed by atoms with Crippen molar-refractivity contribution in [2.24, 2.45) is 0 Å². The van der Waals surface area contributed by atoms with Crippen LogP contribution in [-0.2, 0) is 16.1 Å². The molecule has 3 heterocycles. The van der Waals surface area contributed by atoms with Gasteiger partial charge in [-0.15, -0.1) is 0 Å². The van der Waals surface area contributed by atoms with E-state index < -0.39 is 6.10 Å². The number of benzene rings is 1. The number of carbonyl (C=O) groups excluding carboxylic acids is 2. The molecule has 0 bridgehead atoms. The van der Waals surface area contributed by atoms with E-state index in [0.717, 1.165) is 30.2 Å². The second kappa shape index (κ2) is 8.24. The number of amides is 2. The van der Waals surface area contributed by atoms with Crippen LogP contribution in [0.5, 0.6) is 5.75 Å². The maximum atomic E-state index is 12.7. The number of piperazine rings is 1. The maximum absolute atomic E-state index is 12.7. The molecule has 2 amide bonds. The first-order chi connectivity index (χ1) is 14.0. The van der Waals surface area contributed by atoms with Crippen molar-refractivity contribution in [1.82, 2.24) is 15.0 Å². The van der Waals surface area contributed by atoms with Gasteiger partial charge in [-0.25, -0.2) is 0 Å². The summed E-state index contributed by atoms with van der Waals surface area (Å²) in [6.07, 6.45) is -0.239. The van der Waals surface area contributed by atoms with E-state index in [4.69, 9.17) is 9.26 Å². The quantitative estimate of drug-likeness (QED) is 0.765. The van der Waals surface area contributed by atoms with Crippen molar-refractivity contribution in [1.29, 1.82) is 0 Å². The normalized spacial score (nSPS) is 19.8. The first-order valence-corrected chi connectivity index (χ1v) is 10.0. The SMILES string of the molecule is Cc1cc(CN2CCN(C(=O)CCN3C(=O)C(C)Oc4ccccc43)CC2)on1. The largest absolute Gasteiger partial charge is 0.479 e. The molecule has 8 nitrogen and oxygen atoms in total. The molecule has 154 valence electrons. The second-order valence-electron chi connectivity index (χ2n) is 7.56. The van der Waals surface area contributed by atoms with Gasteiger partial charge in [0.15, 0.2) is 11.9 Å². The van der Waals surface area contributed by atoms with Crippen molar-refractivity contribution in [2.75, 3.05) is 37.6 Å². The molecule has 2 aliphatic heterocycles. The summed E-state index contributed by atoms with van der Waals surface area (Å²) in [7, 11) is 0. The van der Waals surface area contributed by atoms with Gasteiger partial charge in [-0.1, -0.05) is 17.3 Å². The number of nitrogens with zero attached hydrogens (tertiary/aromatic N) is 4. The zero-order valence-electron chi connectivity index (χ0n) is 16.8. The van der Waals surface area contributed by atoms with E-state index in [0.29, 0.717) is 38.3 Å². The fourth-order valence-corrected chi connectivity index (χ4v) is 3.82. The van der Waals surface area contributed by atoms with Crippen LogP contribution in [0.2, 0.25) is 0 Å². The van der Waals surface area contributed by atoms with Gasteiger partial charge in [-0.05, 0) is 26.0 Å². The fourth-order valence-electron chi connectivity index (χ4n) is 3.82. The number of rotatable bonds is 5. The second-order valence-corrected chi connectivity index (χ2v) is 7.56. The summed E-state index contributed by atoms with van der Waals surface area (Å²) in [5, 5.41) is 3.91. The van der Waals surface area contributed by atoms with Crippen molar-refractivity contribution in [2.45, 2.75) is 32.9 Å². The molecule has 2 aromatic rings. The molecule has 4 rings (SSSR count). The third-order valence-corrected chi connectivity index (χ3v) is 5.40. The molecule has 0 N–H and O–H groups in total. The van der Waals surface area contributed by atoms with Gasteiger partial charge in [0.05, 0.1) is 17.9 Å². The van der Waals surface area contributed by atoms with Gasteiger partial charge in [0, 0.05) is 45.2 Å². The van der Waals surface area contributed by atoms with E-state index in [1.807, 2.05) is 42.2 Å². The summed E-state index contributed by atoms with van der Waals surface area (Å²) in [6, 6.07) is 9.39. The Morgan fingerprint density at radius 1 is 1.21 bits per heavy atom. The summed E-state index contributed by atoms with van der Waals surface area (Å²) in [4.78, 5) is 31.1. The van der Waals surface area contributed by atoms with Gasteiger partial charge in [0.1, 0.15) is 5.75 Å². The van der Waals surface area contributed by atoms with E-state index in [1.54, 1.807) is 11.8 Å². The molecule has 1 aromatic carbocycles. The minimum Gasteiger partial charge on any atom is -0.479 e. The highest BCUT2D eigenvalue weighted by Crippen LogP contribution is 2.33. The van der Waals surface area contributed by atoms with Crippen molar-refractivity contribution in [3.63, 3.8) is 0 Å². The lowest BCUT2D eigenvalue weighted by atomic mass is 10.1. The lowest BCUT2D eigenvalue weighted by Crippen LogP contribution is -2.50. The van der Waals surface area contributed by atoms with Crippen LogP contribution in [0.25, 0.3) is 0 Å². The Morgan fingerprint density at radius 3 is 2.69 bits per heavy atom. The highest BCUT2D eigenvalue weighted by atomic mass is 16.5. The molecule has 1 atom stereocenters. The van der Waals surface area contributed by atoms with Gasteiger partial charge in [0.2, 0.25) is 5.91 Å². The van der Waals surface area contributed by atoms with Crippen molar-refractivity contribution in [3.05, 3.63) is 41.8 Å². The number of ether oxygens (including phenoxy) is 1. The standard InChI is InChI=1S/C21H26N4O4/c1-15-13-17(29-22-15)14-23-9-11-24(12-10-23)20(26)7-8-25-18-5-3-4-6-19(18)28-16(2)21(25)27/h3-6,13,16H,7-12,14H2,1-2H3. The highest BCUT2D eigenvalue weighted by Gasteiger charge is 2.32. The Balaban J connectivity index is 1.30. The molecular formula is C21H26N4O4. The van der Waals surface area contributed by atoms with E-state index in [-0.39, 0.29) is 11.8 Å². The Morgan fingerprint density at radius 2 is 1.97 bits per heavy atom. The van der Waals surface area contributed by atoms with Crippen molar-refractivity contribution < 1.29 is 18.8 Å². The maximum Gasteiger partial charge on any atom is 0.267 e. The average Bonchev–Trinajstić information content (AvgIpc) is 3.13. The number of hydrogen-bond acceptors (Lipinski definition) is 6. The van der Waals surface area contributed by atoms with E-state index in [9.17, 15) is 9.59 Å². The predicted octanol–water partition coefficient (Wildman–Crippen LogP) is 1.83. The molecule has 1 aromatic heterocycles. The summed E-state index contributed by atoms with van der Waals surface area (Å²) < 4.78 is 10.9. The smallest absolute Gasteiger partial charge is 0.267 e. The molecule has 0 saturated carbocycles. The number of anilines is 1. The third-order valence-electron chi connectivity index (χ3n) is 5.40. The van der Waals surface area contributed by atoms with Crippen LogP contribution < -0.4 is 9.64 Å². The van der Waals surface area contributed by atoms with Crippen LogP contribution in [0.15, 0.2) is 34.9 Å². The Hall–Kier alpha value is -2.87. The molecule has 0 spiro atoms. The van der Waals surface area contributed by atoms with Crippen LogP contribution in [0.1, 0.15) is 24.8 Å².